The number of hydrogen-bond acceptors (Lipinski definition) is 6. The Bertz CT molecular complexity index is 427. The summed E-state index contributed by atoms with van der Waals surface area (Å²) < 4.78 is 6.76. The number of rotatable bonds is 6. The number of ether oxygens (including phenoxy) is 1. The number of allylic oxidation sites excluding steroid dienone is 1. The third-order valence-electron chi connectivity index (χ3n) is 1.80. The molecule has 0 atom stereocenters. The third-order valence-corrected chi connectivity index (χ3v) is 2.76. The number of carbonyl (C=O) groups is 1. The number of aromatic nitrogens is 4. The van der Waals surface area contributed by atoms with E-state index in [0.29, 0.717) is 24.0 Å². The van der Waals surface area contributed by atoms with Gasteiger partial charge in [0, 0.05) is 12.3 Å². The Morgan fingerprint density at radius 3 is 2.95 bits per heavy atom. The first-order valence-corrected chi connectivity index (χ1v) is 6.87. The van der Waals surface area contributed by atoms with Crippen LogP contribution in [0.3, 0.4) is 0 Å². The Balaban J connectivity index is 2.25. The van der Waals surface area contributed by atoms with Crippen molar-refractivity contribution in [3.8, 4) is 0 Å². The topological polar surface area (TPSA) is 81.9 Å². The minimum absolute atomic E-state index is 0.418. The van der Waals surface area contributed by atoms with Gasteiger partial charge in [0.05, 0.1) is 6.54 Å². The molecular weight excluding hydrogens is 266 g/mol. The van der Waals surface area contributed by atoms with Crippen LogP contribution in [-0.2, 0) is 11.3 Å². The van der Waals surface area contributed by atoms with Gasteiger partial charge in [0.25, 0.3) is 0 Å². The second-order valence-electron chi connectivity index (χ2n) is 4.71. The highest BCUT2D eigenvalue weighted by molar-refractivity contribution is 7.99. The van der Waals surface area contributed by atoms with Crippen molar-refractivity contribution in [3.63, 3.8) is 0 Å². The molecule has 0 unspecified atom stereocenters. The number of tetrazole rings is 1. The summed E-state index contributed by atoms with van der Waals surface area (Å²) in [6.07, 6.45) is 1.30. The van der Waals surface area contributed by atoms with Gasteiger partial charge in [0.1, 0.15) is 5.60 Å². The summed E-state index contributed by atoms with van der Waals surface area (Å²) in [5, 5.41) is 14.7. The van der Waals surface area contributed by atoms with Crippen LogP contribution in [0.5, 0.6) is 0 Å². The minimum Gasteiger partial charge on any atom is -0.444 e. The number of amides is 1. The maximum absolute atomic E-state index is 11.4. The molecule has 106 valence electrons. The number of thioether (sulfide) groups is 1. The summed E-state index contributed by atoms with van der Waals surface area (Å²) in [7, 11) is 0. The Hall–Kier alpha value is -1.57. The molecule has 0 radical (unpaired) electrons. The molecule has 19 heavy (non-hydrogen) atoms. The molecule has 0 fully saturated rings. The van der Waals surface area contributed by atoms with Gasteiger partial charge in [-0.2, -0.15) is 0 Å². The smallest absolute Gasteiger partial charge is 0.407 e. The van der Waals surface area contributed by atoms with E-state index in [1.165, 1.54) is 11.8 Å². The zero-order chi connectivity index (χ0) is 14.3. The number of nitrogens with zero attached hydrogens (tertiary/aromatic N) is 4. The van der Waals surface area contributed by atoms with Crippen LogP contribution in [0.4, 0.5) is 4.79 Å². The number of alkyl carbamates (subject to hydrolysis) is 1. The monoisotopic (exact) mass is 285 g/mol. The van der Waals surface area contributed by atoms with Crippen LogP contribution >= 0.6 is 11.8 Å². The lowest BCUT2D eigenvalue weighted by Crippen LogP contribution is -2.33. The maximum atomic E-state index is 11.4. The number of carbonyl (C=O) groups excluding carboxylic acids is 1. The van der Waals surface area contributed by atoms with Crippen molar-refractivity contribution >= 4 is 17.9 Å². The highest BCUT2D eigenvalue weighted by Crippen LogP contribution is 2.12. The van der Waals surface area contributed by atoms with Crippen LogP contribution < -0.4 is 5.32 Å². The Morgan fingerprint density at radius 2 is 2.32 bits per heavy atom. The van der Waals surface area contributed by atoms with Gasteiger partial charge < -0.3 is 10.1 Å². The quantitative estimate of drug-likeness (QED) is 0.484. The molecular formula is C11H19N5O2S. The highest BCUT2D eigenvalue weighted by atomic mass is 32.2. The predicted octanol–water partition coefficient (Wildman–Crippen LogP) is 1.48. The molecule has 7 nitrogen and oxygen atoms in total. The van der Waals surface area contributed by atoms with Gasteiger partial charge in [-0.05, 0) is 31.2 Å². The summed E-state index contributed by atoms with van der Waals surface area (Å²) in [6.45, 7) is 10.2. The van der Waals surface area contributed by atoms with Crippen LogP contribution in [0.25, 0.3) is 0 Å². The van der Waals surface area contributed by atoms with Crippen LogP contribution in [0, 0.1) is 0 Å². The van der Waals surface area contributed by atoms with Gasteiger partial charge >= 0.3 is 6.09 Å². The van der Waals surface area contributed by atoms with Crippen LogP contribution in [0.15, 0.2) is 17.8 Å². The van der Waals surface area contributed by atoms with Gasteiger partial charge in [-0.15, -0.1) is 11.7 Å². The second kappa shape index (κ2) is 7.13. The van der Waals surface area contributed by atoms with Crippen molar-refractivity contribution < 1.29 is 9.53 Å². The average molecular weight is 285 g/mol. The Morgan fingerprint density at radius 1 is 1.58 bits per heavy atom. The van der Waals surface area contributed by atoms with Gasteiger partial charge in [0.15, 0.2) is 0 Å². The first kappa shape index (κ1) is 15.5. The molecule has 0 aliphatic heterocycles. The van der Waals surface area contributed by atoms with Crippen LogP contribution in [0.2, 0.25) is 0 Å². The lowest BCUT2D eigenvalue weighted by molar-refractivity contribution is 0.0531. The summed E-state index contributed by atoms with van der Waals surface area (Å²) >= 11 is 1.46. The Kier molecular flexibility index (Phi) is 5.81. The van der Waals surface area contributed by atoms with Crippen molar-refractivity contribution in [2.75, 3.05) is 12.3 Å². The lowest BCUT2D eigenvalue weighted by atomic mass is 10.2. The Labute approximate surface area is 116 Å². The molecule has 1 rings (SSSR count). The van der Waals surface area contributed by atoms with Crippen LogP contribution in [-0.4, -0.2) is 44.2 Å². The van der Waals surface area contributed by atoms with E-state index < -0.39 is 11.7 Å². The van der Waals surface area contributed by atoms with E-state index in [1.807, 2.05) is 20.8 Å². The normalized spacial score (nSPS) is 11.1. The highest BCUT2D eigenvalue weighted by Gasteiger charge is 2.15. The summed E-state index contributed by atoms with van der Waals surface area (Å²) in [5.41, 5.74) is -0.481. The van der Waals surface area contributed by atoms with Gasteiger partial charge in [-0.1, -0.05) is 17.8 Å². The van der Waals surface area contributed by atoms with E-state index >= 15 is 0 Å². The molecule has 8 heteroatoms. The SMILES string of the molecule is C=CCn1nnnc1SCCNC(=O)OC(C)(C)C. The number of hydrogen-bond donors (Lipinski definition) is 1. The van der Waals surface area contributed by atoms with Gasteiger partial charge in [-0.3, -0.25) is 0 Å². The van der Waals surface area contributed by atoms with Gasteiger partial charge in [-0.25, -0.2) is 9.48 Å². The van der Waals surface area contributed by atoms with Crippen LogP contribution in [0.1, 0.15) is 20.8 Å². The van der Waals surface area contributed by atoms with Crippen molar-refractivity contribution in [1.29, 1.82) is 0 Å². The van der Waals surface area contributed by atoms with Crippen molar-refractivity contribution in [3.05, 3.63) is 12.7 Å². The minimum atomic E-state index is -0.481. The zero-order valence-corrected chi connectivity index (χ0v) is 12.2. The molecule has 1 heterocycles. The van der Waals surface area contributed by atoms with E-state index in [0.717, 1.165) is 0 Å². The molecule has 0 aliphatic rings. The van der Waals surface area contributed by atoms with E-state index in [4.69, 9.17) is 4.74 Å². The molecule has 0 saturated carbocycles. The second-order valence-corrected chi connectivity index (χ2v) is 5.77. The molecule has 1 aromatic heterocycles. The molecule has 0 aliphatic carbocycles. The zero-order valence-electron chi connectivity index (χ0n) is 11.4. The summed E-state index contributed by atoms with van der Waals surface area (Å²) in [4.78, 5) is 11.4. The molecule has 0 aromatic carbocycles. The molecule has 1 aromatic rings. The fourth-order valence-electron chi connectivity index (χ4n) is 1.15. The molecule has 1 N–H and O–H groups in total. The lowest BCUT2D eigenvalue weighted by Gasteiger charge is -2.19. The van der Waals surface area contributed by atoms with E-state index in [-0.39, 0.29) is 0 Å². The summed E-state index contributed by atoms with van der Waals surface area (Å²) in [5.74, 6) is 0.663. The molecule has 0 saturated heterocycles. The molecule has 0 bridgehead atoms. The van der Waals surface area contributed by atoms with E-state index in [9.17, 15) is 4.79 Å². The van der Waals surface area contributed by atoms with Gasteiger partial charge in [0.2, 0.25) is 5.16 Å². The fraction of sp³-hybridized carbons (Fsp3) is 0.636. The van der Waals surface area contributed by atoms with Crippen molar-refractivity contribution in [2.24, 2.45) is 0 Å². The first-order valence-electron chi connectivity index (χ1n) is 5.89. The summed E-state index contributed by atoms with van der Waals surface area (Å²) in [6, 6.07) is 0. The van der Waals surface area contributed by atoms with E-state index in [2.05, 4.69) is 27.4 Å². The van der Waals surface area contributed by atoms with E-state index in [1.54, 1.807) is 10.8 Å². The predicted molar refractivity (Wildman–Crippen MR) is 73.0 cm³/mol. The third kappa shape index (κ3) is 6.23. The molecule has 0 spiro atoms. The maximum Gasteiger partial charge on any atom is 0.407 e. The molecule has 1 amide bonds. The fourth-order valence-corrected chi connectivity index (χ4v) is 1.89. The largest absolute Gasteiger partial charge is 0.444 e. The van der Waals surface area contributed by atoms with Crippen molar-refractivity contribution in [1.82, 2.24) is 25.5 Å². The average Bonchev–Trinajstić information content (AvgIpc) is 2.70. The number of nitrogens with one attached hydrogen (secondary N) is 1. The first-order chi connectivity index (χ1) is 8.92. The standard InChI is InChI=1S/C11H19N5O2S/c1-5-7-16-9(13-14-15-16)19-8-6-12-10(17)18-11(2,3)4/h5H,1,6-8H2,2-4H3,(H,12,17). The van der Waals surface area contributed by atoms with Crippen molar-refractivity contribution in [2.45, 2.75) is 38.1 Å².